The average molecular weight is 942 g/mol. The summed E-state index contributed by atoms with van der Waals surface area (Å²) in [6.45, 7) is -1.57. The van der Waals surface area contributed by atoms with Gasteiger partial charge in [-0.2, -0.15) is 0 Å². The van der Waals surface area contributed by atoms with Crippen LogP contribution in [0.15, 0.2) is 162 Å². The standard InChI is InChI=1S/C41H34NO.C13H12N.Ir/c1-27-26-42-38(23-34(27)25-41(2,3)4)37-12-8-11-36-35-22-21-33(24-39(35)43-40(36)37)32-19-17-31(18-20-32)30-15-13-29(14-16-30)28-9-6-5-7-10-28;1-10-3-6-12(7-4-10)13-8-5-11(2)9-14-13;/h5-11,13-24,26H,25H2,1-4H3;3-6,8-9H,1-2H3;/q2*-1;/i1D3,25D2;1D3,2D3;. The first-order valence-electron chi connectivity index (χ1n) is 24.1. The Labute approximate surface area is 371 Å². The summed E-state index contributed by atoms with van der Waals surface area (Å²) in [5.74, 6) is 0. The maximum absolute atomic E-state index is 8.91. The van der Waals surface area contributed by atoms with Gasteiger partial charge >= 0.3 is 0 Å². The Kier molecular flexibility index (Phi) is 8.48. The van der Waals surface area contributed by atoms with E-state index in [1.807, 2.05) is 36.4 Å². The van der Waals surface area contributed by atoms with Crippen LogP contribution in [0.5, 0.6) is 0 Å². The van der Waals surface area contributed by atoms with Crippen LogP contribution in [0.25, 0.3) is 77.8 Å². The molecule has 1 radical (unpaired) electrons. The molecule has 3 aromatic heterocycles. The van der Waals surface area contributed by atoms with E-state index >= 15 is 0 Å². The Morgan fingerprint density at radius 1 is 0.603 bits per heavy atom. The van der Waals surface area contributed by atoms with Gasteiger partial charge in [0.25, 0.3) is 0 Å². The predicted molar refractivity (Wildman–Crippen MR) is 238 cm³/mol. The predicted octanol–water partition coefficient (Wildman–Crippen LogP) is 14.5. The number of aromatic nitrogens is 2. The van der Waals surface area contributed by atoms with Crippen molar-refractivity contribution in [1.82, 2.24) is 9.97 Å². The summed E-state index contributed by atoms with van der Waals surface area (Å²) in [5.41, 5.74) is 9.65. The quantitative estimate of drug-likeness (QED) is 0.156. The van der Waals surface area contributed by atoms with E-state index in [1.54, 1.807) is 45.0 Å². The zero-order chi connectivity index (χ0) is 48.8. The number of hydrogen-bond donors (Lipinski definition) is 0. The van der Waals surface area contributed by atoms with Gasteiger partial charge in [0.15, 0.2) is 0 Å². The largest absolute Gasteiger partial charge is 0.501 e. The second-order valence-electron chi connectivity index (χ2n) is 14.8. The average Bonchev–Trinajstić information content (AvgIpc) is 3.69. The molecule has 0 aliphatic rings. The molecule has 58 heavy (non-hydrogen) atoms. The molecule has 3 nitrogen and oxygen atoms in total. The molecule has 9 rings (SSSR count). The van der Waals surface area contributed by atoms with Crippen molar-refractivity contribution in [2.75, 3.05) is 0 Å². The minimum Gasteiger partial charge on any atom is -0.501 e. The first kappa shape index (κ1) is 28.5. The topological polar surface area (TPSA) is 38.9 Å². The number of pyridine rings is 2. The second kappa shape index (κ2) is 17.3. The molecule has 3 heterocycles. The number of rotatable bonds is 6. The molecule has 6 aromatic carbocycles. The van der Waals surface area contributed by atoms with Crippen LogP contribution in [0.1, 0.15) is 58.1 Å². The molecule has 0 bridgehead atoms. The zero-order valence-electron chi connectivity index (χ0n) is 43.1. The third-order valence-corrected chi connectivity index (χ3v) is 9.50. The molecule has 289 valence electrons. The van der Waals surface area contributed by atoms with Crippen molar-refractivity contribution < 1.29 is 39.6 Å². The van der Waals surface area contributed by atoms with E-state index in [-0.39, 0.29) is 42.4 Å². The fraction of sp³-hybridized carbons (Fsp3) is 0.148. The minimum absolute atomic E-state index is 0. The van der Waals surface area contributed by atoms with Crippen molar-refractivity contribution in [2.45, 2.75) is 47.7 Å². The van der Waals surface area contributed by atoms with Gasteiger partial charge in [0, 0.05) is 53.0 Å². The van der Waals surface area contributed by atoms with Crippen molar-refractivity contribution in [1.29, 1.82) is 0 Å². The molecule has 0 spiro atoms. The van der Waals surface area contributed by atoms with Crippen molar-refractivity contribution in [3.05, 3.63) is 192 Å². The van der Waals surface area contributed by atoms with Gasteiger partial charge in [-0.1, -0.05) is 153 Å². The summed E-state index contributed by atoms with van der Waals surface area (Å²) in [5, 5.41) is 1.81. The molecule has 0 unspecified atom stereocenters. The molecule has 0 aliphatic carbocycles. The van der Waals surface area contributed by atoms with E-state index in [0.29, 0.717) is 33.7 Å². The Balaban J connectivity index is 0.000000281. The summed E-state index contributed by atoms with van der Waals surface area (Å²) in [6.07, 6.45) is 0.635. The molecule has 9 aromatic rings. The SMILES string of the molecule is [2H]C([2H])([2H])c1c[c-]c(-c2ccc(C([2H])([2H])[2H])cn2)cc1.[2H]C([2H])([2H])c1cnc(-c2[c-]ccc3c2oc2cc(-c4ccc(-c5ccc(-c6ccccc6)cc5)cc4)ccc23)cc1C([2H])([2H])C(C)(C)C.[Ir]. The zero-order valence-corrected chi connectivity index (χ0v) is 34.5. The van der Waals surface area contributed by atoms with Crippen LogP contribution in [0.4, 0.5) is 0 Å². The van der Waals surface area contributed by atoms with Gasteiger partial charge in [0.1, 0.15) is 5.58 Å². The number of aryl methyl sites for hydroxylation is 3. The molecular formula is C54H46IrN2O-2. The smallest absolute Gasteiger partial charge is 0.121 e. The van der Waals surface area contributed by atoms with Crippen molar-refractivity contribution >= 4 is 21.9 Å². The number of furan rings is 1. The summed E-state index contributed by atoms with van der Waals surface area (Å²) < 4.78 is 92.1. The first-order valence-corrected chi connectivity index (χ1v) is 18.6. The molecule has 4 heteroatoms. The molecular weight excluding hydrogens is 885 g/mol. The van der Waals surface area contributed by atoms with E-state index in [2.05, 4.69) is 88.8 Å². The second-order valence-corrected chi connectivity index (χ2v) is 14.8. The minimum atomic E-state index is -2.52. The number of nitrogens with zero attached hydrogens (tertiary/aromatic N) is 2. The van der Waals surface area contributed by atoms with Crippen LogP contribution in [0, 0.1) is 38.1 Å². The van der Waals surface area contributed by atoms with E-state index in [1.165, 1.54) is 41.7 Å². The van der Waals surface area contributed by atoms with Gasteiger partial charge in [-0.25, -0.2) is 0 Å². The number of fused-ring (bicyclic) bond motifs is 3. The molecule has 0 saturated heterocycles. The van der Waals surface area contributed by atoms with Crippen LogP contribution in [0.3, 0.4) is 0 Å². The van der Waals surface area contributed by atoms with Gasteiger partial charge in [-0.15, -0.1) is 53.6 Å². The fourth-order valence-electron chi connectivity index (χ4n) is 6.69. The Morgan fingerprint density at radius 3 is 1.84 bits per heavy atom. The van der Waals surface area contributed by atoms with Crippen LogP contribution < -0.4 is 0 Å². The number of benzene rings is 6. The van der Waals surface area contributed by atoms with E-state index in [4.69, 9.17) is 19.5 Å². The van der Waals surface area contributed by atoms with E-state index in [0.717, 1.165) is 33.0 Å². The summed E-state index contributed by atoms with van der Waals surface area (Å²) in [6, 6.07) is 52.5. The van der Waals surface area contributed by atoms with E-state index < -0.39 is 32.3 Å². The third kappa shape index (κ3) is 9.10. The van der Waals surface area contributed by atoms with Gasteiger partial charge in [0.05, 0.1) is 5.58 Å². The van der Waals surface area contributed by atoms with Crippen LogP contribution in [-0.2, 0) is 26.5 Å². The van der Waals surface area contributed by atoms with Crippen molar-refractivity contribution in [3.63, 3.8) is 0 Å². The molecule has 0 fully saturated rings. The van der Waals surface area contributed by atoms with Crippen LogP contribution in [0.2, 0.25) is 0 Å². The number of hydrogen-bond acceptors (Lipinski definition) is 3. The molecule has 0 aliphatic heterocycles. The Morgan fingerprint density at radius 2 is 1.24 bits per heavy atom. The maximum atomic E-state index is 8.91. The molecule has 0 amide bonds. The molecule has 0 saturated carbocycles. The van der Waals surface area contributed by atoms with Gasteiger partial charge in [-0.3, -0.25) is 0 Å². The first-order chi connectivity index (χ1) is 32.0. The van der Waals surface area contributed by atoms with E-state index in [9.17, 15) is 0 Å². The normalized spacial score (nSPS) is 14.9. The Bertz CT molecular complexity index is 3150. The van der Waals surface area contributed by atoms with Crippen LogP contribution >= 0.6 is 0 Å². The summed E-state index contributed by atoms with van der Waals surface area (Å²) >= 11 is 0. The van der Waals surface area contributed by atoms with Crippen molar-refractivity contribution in [3.8, 4) is 55.9 Å². The van der Waals surface area contributed by atoms with Gasteiger partial charge in [-0.05, 0) is 87.5 Å². The van der Waals surface area contributed by atoms with Gasteiger partial charge < -0.3 is 14.4 Å². The van der Waals surface area contributed by atoms with Crippen LogP contribution in [-0.4, -0.2) is 9.97 Å². The summed E-state index contributed by atoms with van der Waals surface area (Å²) in [7, 11) is 0. The molecule has 0 N–H and O–H groups in total. The fourth-order valence-corrected chi connectivity index (χ4v) is 6.69. The molecule has 0 atom stereocenters. The summed E-state index contributed by atoms with van der Waals surface area (Å²) in [4.78, 5) is 8.57. The monoisotopic (exact) mass is 942 g/mol. The Hall–Kier alpha value is -5.93. The third-order valence-electron chi connectivity index (χ3n) is 9.50. The maximum Gasteiger partial charge on any atom is 0.121 e. The van der Waals surface area contributed by atoms with Gasteiger partial charge in [0.2, 0.25) is 0 Å². The van der Waals surface area contributed by atoms with Crippen molar-refractivity contribution in [2.24, 2.45) is 5.41 Å².